The van der Waals surface area contributed by atoms with Crippen molar-refractivity contribution in [2.75, 3.05) is 13.1 Å². The van der Waals surface area contributed by atoms with Crippen molar-refractivity contribution in [1.29, 1.82) is 0 Å². The second-order valence-electron chi connectivity index (χ2n) is 4.26. The van der Waals surface area contributed by atoms with Gasteiger partial charge in [0.25, 0.3) is 0 Å². The zero-order valence-electron chi connectivity index (χ0n) is 8.75. The largest absolute Gasteiger partial charge is 0.324 e. The topological polar surface area (TPSA) is 38.0 Å². The number of halogens is 1. The summed E-state index contributed by atoms with van der Waals surface area (Å²) in [7, 11) is 0. The third-order valence-corrected chi connectivity index (χ3v) is 3.52. The van der Waals surface area contributed by atoms with E-state index in [1.54, 1.807) is 0 Å². The number of hydrogen-bond acceptors (Lipinski definition) is 2. The fourth-order valence-electron chi connectivity index (χ4n) is 2.15. The van der Waals surface area contributed by atoms with E-state index < -0.39 is 0 Å². The van der Waals surface area contributed by atoms with Gasteiger partial charge in [-0.15, -0.1) is 0 Å². The first kappa shape index (κ1) is 11.1. The molecule has 2 nitrogen and oxygen atoms in total. The maximum Gasteiger partial charge on any atom is 0.0298 e. The molecule has 0 bridgehead atoms. The maximum absolute atomic E-state index is 6.20. The second kappa shape index (κ2) is 5.10. The highest BCUT2D eigenvalue weighted by molar-refractivity contribution is 9.10. The van der Waals surface area contributed by atoms with Gasteiger partial charge in [-0.25, -0.2) is 0 Å². The van der Waals surface area contributed by atoms with Gasteiger partial charge in [-0.05, 0) is 49.5 Å². The van der Waals surface area contributed by atoms with Crippen LogP contribution in [0.3, 0.4) is 0 Å². The predicted molar refractivity (Wildman–Crippen MR) is 66.7 cm³/mol. The number of hydrogen-bond donors (Lipinski definition) is 2. The van der Waals surface area contributed by atoms with Gasteiger partial charge in [0.2, 0.25) is 0 Å². The van der Waals surface area contributed by atoms with E-state index in [4.69, 9.17) is 5.73 Å². The Bertz CT molecular complexity index is 321. The van der Waals surface area contributed by atoms with Crippen molar-refractivity contribution in [1.82, 2.24) is 5.32 Å². The van der Waals surface area contributed by atoms with Gasteiger partial charge in [0, 0.05) is 10.5 Å². The van der Waals surface area contributed by atoms with Crippen LogP contribution in [0.5, 0.6) is 0 Å². The summed E-state index contributed by atoms with van der Waals surface area (Å²) in [6.45, 7) is 2.28. The molecule has 3 N–H and O–H groups in total. The maximum atomic E-state index is 6.20. The van der Waals surface area contributed by atoms with Crippen molar-refractivity contribution in [2.24, 2.45) is 11.7 Å². The number of rotatable bonds is 3. The van der Waals surface area contributed by atoms with E-state index >= 15 is 0 Å². The fraction of sp³-hybridized carbons (Fsp3) is 0.500. The van der Waals surface area contributed by atoms with Gasteiger partial charge in [-0.2, -0.15) is 0 Å². The molecule has 82 valence electrons. The Kier molecular flexibility index (Phi) is 3.78. The molecule has 0 radical (unpaired) electrons. The fourth-order valence-corrected chi connectivity index (χ4v) is 2.56. The van der Waals surface area contributed by atoms with Crippen LogP contribution in [0.25, 0.3) is 0 Å². The van der Waals surface area contributed by atoms with E-state index in [-0.39, 0.29) is 6.04 Å². The molecule has 0 amide bonds. The molecule has 0 aliphatic carbocycles. The lowest BCUT2D eigenvalue weighted by atomic mass is 9.95. The van der Waals surface area contributed by atoms with Gasteiger partial charge in [0.05, 0.1) is 0 Å². The monoisotopic (exact) mass is 268 g/mol. The summed E-state index contributed by atoms with van der Waals surface area (Å²) in [4.78, 5) is 0. The van der Waals surface area contributed by atoms with E-state index in [9.17, 15) is 0 Å². The Labute approximate surface area is 99.4 Å². The number of nitrogens with one attached hydrogen (secondary N) is 1. The molecule has 0 spiro atoms. The molecular weight excluding hydrogens is 252 g/mol. The van der Waals surface area contributed by atoms with Crippen LogP contribution in [0.2, 0.25) is 0 Å². The normalized spacial score (nSPS) is 22.9. The van der Waals surface area contributed by atoms with Crippen LogP contribution in [0.15, 0.2) is 28.7 Å². The summed E-state index contributed by atoms with van der Waals surface area (Å²) in [5.74, 6) is 0.749. The molecular formula is C12H17BrN2. The predicted octanol–water partition coefficient (Wildman–Crippen LogP) is 2.45. The molecule has 3 heteroatoms. The lowest BCUT2D eigenvalue weighted by Gasteiger charge is -2.16. The van der Waals surface area contributed by atoms with Gasteiger partial charge in [-0.3, -0.25) is 0 Å². The third-order valence-electron chi connectivity index (χ3n) is 3.03. The lowest BCUT2D eigenvalue weighted by molar-refractivity contribution is 0.473. The molecule has 0 aromatic heterocycles. The number of benzene rings is 1. The van der Waals surface area contributed by atoms with Crippen molar-refractivity contribution in [3.63, 3.8) is 0 Å². The zero-order valence-corrected chi connectivity index (χ0v) is 10.3. The van der Waals surface area contributed by atoms with Crippen LogP contribution in [-0.2, 0) is 0 Å². The minimum Gasteiger partial charge on any atom is -0.324 e. The Morgan fingerprint density at radius 3 is 3.07 bits per heavy atom. The van der Waals surface area contributed by atoms with Crippen LogP contribution in [0.4, 0.5) is 0 Å². The highest BCUT2D eigenvalue weighted by atomic mass is 79.9. The molecule has 1 aromatic rings. The highest BCUT2D eigenvalue weighted by Gasteiger charge is 2.18. The van der Waals surface area contributed by atoms with E-state index in [2.05, 4.69) is 33.4 Å². The summed E-state index contributed by atoms with van der Waals surface area (Å²) in [6.07, 6.45) is 2.35. The smallest absolute Gasteiger partial charge is 0.0298 e. The average Bonchev–Trinajstić information content (AvgIpc) is 2.70. The minimum atomic E-state index is 0.174. The molecule has 0 saturated carbocycles. The van der Waals surface area contributed by atoms with Crippen molar-refractivity contribution in [2.45, 2.75) is 18.9 Å². The first-order chi connectivity index (χ1) is 7.25. The molecule has 2 unspecified atom stereocenters. The van der Waals surface area contributed by atoms with E-state index in [1.165, 1.54) is 12.0 Å². The molecule has 1 aromatic carbocycles. The lowest BCUT2D eigenvalue weighted by Crippen LogP contribution is -2.17. The van der Waals surface area contributed by atoms with Gasteiger partial charge in [0.15, 0.2) is 0 Å². The molecule has 1 aliphatic rings. The summed E-state index contributed by atoms with van der Waals surface area (Å²) < 4.78 is 1.11. The molecule has 1 aliphatic heterocycles. The Morgan fingerprint density at radius 1 is 1.53 bits per heavy atom. The van der Waals surface area contributed by atoms with Crippen LogP contribution >= 0.6 is 15.9 Å². The Balaban J connectivity index is 1.97. The molecule has 2 atom stereocenters. The highest BCUT2D eigenvalue weighted by Crippen LogP contribution is 2.24. The van der Waals surface area contributed by atoms with Crippen molar-refractivity contribution in [3.8, 4) is 0 Å². The molecule has 2 rings (SSSR count). The van der Waals surface area contributed by atoms with E-state index in [0.29, 0.717) is 0 Å². The Hall–Kier alpha value is -0.380. The summed E-state index contributed by atoms with van der Waals surface area (Å²) >= 11 is 3.48. The van der Waals surface area contributed by atoms with Crippen molar-refractivity contribution >= 4 is 15.9 Å². The van der Waals surface area contributed by atoms with Crippen molar-refractivity contribution in [3.05, 3.63) is 34.3 Å². The van der Waals surface area contributed by atoms with Crippen LogP contribution < -0.4 is 11.1 Å². The average molecular weight is 269 g/mol. The second-order valence-corrected chi connectivity index (χ2v) is 5.17. The van der Waals surface area contributed by atoms with Crippen LogP contribution in [0.1, 0.15) is 24.4 Å². The van der Waals surface area contributed by atoms with Gasteiger partial charge < -0.3 is 11.1 Å². The van der Waals surface area contributed by atoms with E-state index in [1.807, 2.05) is 12.1 Å². The first-order valence-corrected chi connectivity index (χ1v) is 6.27. The van der Waals surface area contributed by atoms with E-state index in [0.717, 1.165) is 29.9 Å². The molecule has 1 fully saturated rings. The summed E-state index contributed by atoms with van der Waals surface area (Å²) in [6, 6.07) is 8.48. The quantitative estimate of drug-likeness (QED) is 0.884. The molecule has 1 saturated heterocycles. The molecule has 1 heterocycles. The first-order valence-electron chi connectivity index (χ1n) is 5.47. The SMILES string of the molecule is NC(CC1CCNC1)c1cccc(Br)c1. The summed E-state index contributed by atoms with van der Waals surface area (Å²) in [5.41, 5.74) is 7.43. The van der Waals surface area contributed by atoms with Crippen molar-refractivity contribution < 1.29 is 0 Å². The summed E-state index contributed by atoms with van der Waals surface area (Å²) in [5, 5.41) is 3.38. The Morgan fingerprint density at radius 2 is 2.40 bits per heavy atom. The standard InChI is InChI=1S/C12H17BrN2/c13-11-3-1-2-10(7-11)12(14)6-9-4-5-15-8-9/h1-3,7,9,12,15H,4-6,8,14H2. The zero-order chi connectivity index (χ0) is 10.7. The minimum absolute atomic E-state index is 0.174. The third kappa shape index (κ3) is 3.03. The molecule has 15 heavy (non-hydrogen) atoms. The van der Waals surface area contributed by atoms with Gasteiger partial charge in [0.1, 0.15) is 0 Å². The van der Waals surface area contributed by atoms with Crippen LogP contribution in [-0.4, -0.2) is 13.1 Å². The number of nitrogens with two attached hydrogens (primary N) is 1. The van der Waals surface area contributed by atoms with Gasteiger partial charge in [-0.1, -0.05) is 28.1 Å². The van der Waals surface area contributed by atoms with Gasteiger partial charge >= 0.3 is 0 Å². The van der Waals surface area contributed by atoms with Crippen LogP contribution in [0, 0.1) is 5.92 Å².